The van der Waals surface area contributed by atoms with Gasteiger partial charge in [-0.3, -0.25) is 9.80 Å². The van der Waals surface area contributed by atoms with Crippen LogP contribution in [0, 0.1) is 5.92 Å². The third kappa shape index (κ3) is 4.67. The van der Waals surface area contributed by atoms with Crippen molar-refractivity contribution in [2.24, 2.45) is 5.92 Å². The number of fused-ring (bicyclic) bond motifs is 4. The molecule has 0 saturated carbocycles. The van der Waals surface area contributed by atoms with Crippen LogP contribution in [0.15, 0.2) is 91.1 Å². The molecule has 8 rings (SSSR count). The van der Waals surface area contributed by atoms with Gasteiger partial charge in [0, 0.05) is 41.8 Å². The SMILES string of the molecule is CN1C[C@H](CCN2[C@@H]3CC[C@H]2CC(OC(c2ccccc2)c2ccccc2)C3)C=C2c3cccc4[nH]cc(c34)C[C@H]21. The molecule has 0 radical (unpaired) electrons. The number of aromatic amines is 1. The molecular weight excluding hydrogens is 502 g/mol. The number of aromatic nitrogens is 1. The lowest BCUT2D eigenvalue weighted by Gasteiger charge is -2.42. The number of H-pyrrole nitrogens is 1. The Labute approximate surface area is 244 Å². The number of benzene rings is 3. The minimum Gasteiger partial charge on any atom is -0.365 e. The van der Waals surface area contributed by atoms with E-state index in [2.05, 4.69) is 113 Å². The first kappa shape index (κ1) is 25.5. The summed E-state index contributed by atoms with van der Waals surface area (Å²) in [4.78, 5) is 8.99. The van der Waals surface area contributed by atoms with Crippen LogP contribution in [0.5, 0.6) is 0 Å². The lowest BCUT2D eigenvalue weighted by atomic mass is 9.79. The molecule has 4 aliphatic rings. The number of ether oxygens (including phenoxy) is 1. The van der Waals surface area contributed by atoms with E-state index in [0.717, 1.165) is 25.8 Å². The predicted octanol–water partition coefficient (Wildman–Crippen LogP) is 7.23. The highest BCUT2D eigenvalue weighted by Crippen LogP contribution is 2.43. The van der Waals surface area contributed by atoms with Crippen molar-refractivity contribution in [3.63, 3.8) is 0 Å². The molecule has 4 nitrogen and oxygen atoms in total. The lowest BCUT2D eigenvalue weighted by Crippen LogP contribution is -2.47. The molecule has 2 saturated heterocycles. The van der Waals surface area contributed by atoms with E-state index in [4.69, 9.17) is 4.74 Å². The number of nitrogens with zero attached hydrogens (tertiary/aromatic N) is 2. The second kappa shape index (κ2) is 10.6. The van der Waals surface area contributed by atoms with E-state index in [1.165, 1.54) is 59.0 Å². The summed E-state index contributed by atoms with van der Waals surface area (Å²) in [5.41, 5.74) is 8.29. The summed E-state index contributed by atoms with van der Waals surface area (Å²) in [7, 11) is 2.34. The number of likely N-dealkylation sites (N-methyl/N-ethyl adjacent to an activating group) is 1. The van der Waals surface area contributed by atoms with Gasteiger partial charge in [0.2, 0.25) is 0 Å². The smallest absolute Gasteiger partial charge is 0.108 e. The van der Waals surface area contributed by atoms with Crippen LogP contribution < -0.4 is 0 Å². The molecule has 1 aliphatic carbocycles. The summed E-state index contributed by atoms with van der Waals surface area (Å²) in [6.45, 7) is 2.37. The largest absolute Gasteiger partial charge is 0.365 e. The van der Waals surface area contributed by atoms with Crippen LogP contribution in [0.1, 0.15) is 60.5 Å². The second-order valence-corrected chi connectivity index (χ2v) is 12.9. The van der Waals surface area contributed by atoms with Crippen molar-refractivity contribution in [2.75, 3.05) is 20.1 Å². The Balaban J connectivity index is 0.959. The van der Waals surface area contributed by atoms with E-state index in [0.29, 0.717) is 30.1 Å². The zero-order chi connectivity index (χ0) is 27.3. The van der Waals surface area contributed by atoms with Crippen molar-refractivity contribution < 1.29 is 4.74 Å². The Kier molecular flexibility index (Phi) is 6.59. The van der Waals surface area contributed by atoms with Gasteiger partial charge in [0.25, 0.3) is 0 Å². The first-order valence-corrected chi connectivity index (χ1v) is 15.7. The Hall–Kier alpha value is -3.18. The molecule has 1 unspecified atom stereocenters. The monoisotopic (exact) mass is 543 g/mol. The maximum atomic E-state index is 6.96. The molecule has 3 aliphatic heterocycles. The van der Waals surface area contributed by atoms with Gasteiger partial charge < -0.3 is 9.72 Å². The highest BCUT2D eigenvalue weighted by Gasteiger charge is 2.42. The van der Waals surface area contributed by atoms with Gasteiger partial charge >= 0.3 is 0 Å². The summed E-state index contributed by atoms with van der Waals surface area (Å²) < 4.78 is 6.96. The third-order valence-electron chi connectivity index (χ3n) is 10.5. The molecule has 0 spiro atoms. The van der Waals surface area contributed by atoms with Gasteiger partial charge in [0.1, 0.15) is 6.10 Å². The lowest BCUT2D eigenvalue weighted by molar-refractivity contribution is -0.0489. The van der Waals surface area contributed by atoms with E-state index in [1.54, 1.807) is 5.57 Å². The highest BCUT2D eigenvalue weighted by atomic mass is 16.5. The highest BCUT2D eigenvalue weighted by molar-refractivity contribution is 5.98. The molecule has 0 amide bonds. The Morgan fingerprint density at radius 2 is 1.59 bits per heavy atom. The fourth-order valence-electron chi connectivity index (χ4n) is 8.54. The summed E-state index contributed by atoms with van der Waals surface area (Å²) in [6.07, 6.45) is 12.5. The van der Waals surface area contributed by atoms with Crippen LogP contribution >= 0.6 is 0 Å². The number of nitrogens with one attached hydrogen (secondary N) is 1. The van der Waals surface area contributed by atoms with E-state index in [1.807, 2.05) is 0 Å². The quantitative estimate of drug-likeness (QED) is 0.267. The van der Waals surface area contributed by atoms with Crippen LogP contribution in [0.2, 0.25) is 0 Å². The van der Waals surface area contributed by atoms with Gasteiger partial charge in [-0.2, -0.15) is 0 Å². The van der Waals surface area contributed by atoms with Crippen molar-refractivity contribution in [2.45, 2.75) is 68.9 Å². The van der Waals surface area contributed by atoms with Crippen LogP contribution in [0.3, 0.4) is 0 Å². The van der Waals surface area contributed by atoms with Crippen LogP contribution in [-0.2, 0) is 11.2 Å². The van der Waals surface area contributed by atoms with Crippen molar-refractivity contribution in [1.29, 1.82) is 0 Å². The Morgan fingerprint density at radius 3 is 2.29 bits per heavy atom. The normalized spacial score (nSPS) is 27.8. The number of rotatable bonds is 7. The van der Waals surface area contributed by atoms with E-state index < -0.39 is 0 Å². The minimum atomic E-state index is 0.00573. The molecule has 41 heavy (non-hydrogen) atoms. The molecule has 2 bridgehead atoms. The Bertz CT molecular complexity index is 1490. The molecule has 1 aromatic heterocycles. The molecular formula is C37H41N3O. The van der Waals surface area contributed by atoms with Gasteiger partial charge in [-0.1, -0.05) is 78.9 Å². The summed E-state index contributed by atoms with van der Waals surface area (Å²) in [5, 5.41) is 1.45. The average molecular weight is 544 g/mol. The maximum Gasteiger partial charge on any atom is 0.108 e. The van der Waals surface area contributed by atoms with Crippen molar-refractivity contribution in [3.05, 3.63) is 113 Å². The fourth-order valence-corrected chi connectivity index (χ4v) is 8.54. The molecule has 2 fully saturated rings. The van der Waals surface area contributed by atoms with Gasteiger partial charge in [-0.15, -0.1) is 0 Å². The fraction of sp³-hybridized carbons (Fsp3) is 0.405. The van der Waals surface area contributed by atoms with Gasteiger partial charge in [0.15, 0.2) is 0 Å². The molecule has 4 heterocycles. The van der Waals surface area contributed by atoms with E-state index >= 15 is 0 Å². The van der Waals surface area contributed by atoms with Gasteiger partial charge in [-0.25, -0.2) is 0 Å². The van der Waals surface area contributed by atoms with E-state index in [9.17, 15) is 0 Å². The molecule has 4 heteroatoms. The Morgan fingerprint density at radius 1 is 0.878 bits per heavy atom. The average Bonchev–Trinajstić information content (AvgIpc) is 3.53. The van der Waals surface area contributed by atoms with E-state index in [-0.39, 0.29) is 6.10 Å². The third-order valence-corrected chi connectivity index (χ3v) is 10.5. The minimum absolute atomic E-state index is 0.00573. The summed E-state index contributed by atoms with van der Waals surface area (Å²) in [5.74, 6) is 0.607. The van der Waals surface area contributed by atoms with Gasteiger partial charge in [0.05, 0.1) is 6.10 Å². The zero-order valence-electron chi connectivity index (χ0n) is 24.1. The first-order valence-electron chi connectivity index (χ1n) is 15.7. The number of hydrogen-bond acceptors (Lipinski definition) is 3. The number of hydrogen-bond donors (Lipinski definition) is 1. The zero-order valence-corrected chi connectivity index (χ0v) is 24.1. The molecule has 4 aromatic rings. The summed E-state index contributed by atoms with van der Waals surface area (Å²) >= 11 is 0. The first-order chi connectivity index (χ1) is 20.2. The maximum absolute atomic E-state index is 6.96. The van der Waals surface area contributed by atoms with Crippen molar-refractivity contribution >= 4 is 16.5 Å². The second-order valence-electron chi connectivity index (χ2n) is 12.9. The molecule has 5 atom stereocenters. The number of piperidine rings is 1. The predicted molar refractivity (Wildman–Crippen MR) is 167 cm³/mol. The topological polar surface area (TPSA) is 31.5 Å². The summed E-state index contributed by atoms with van der Waals surface area (Å²) in [6, 6.07) is 30.2. The van der Waals surface area contributed by atoms with Crippen molar-refractivity contribution in [3.8, 4) is 0 Å². The van der Waals surface area contributed by atoms with Crippen LogP contribution in [0.4, 0.5) is 0 Å². The molecule has 210 valence electrons. The molecule has 3 aromatic carbocycles. The van der Waals surface area contributed by atoms with Crippen molar-refractivity contribution in [1.82, 2.24) is 14.8 Å². The van der Waals surface area contributed by atoms with Crippen LogP contribution in [-0.4, -0.2) is 59.2 Å². The van der Waals surface area contributed by atoms with Gasteiger partial charge in [-0.05, 0) is 91.9 Å². The molecule has 1 N–H and O–H groups in total. The standard InChI is InChI=1S/C37H41N3O/c1-39-24-25(19-33-32-13-8-14-34-36(32)28(23-38-34)20-35(33)39)17-18-40-29-15-16-30(40)22-31(21-29)41-37(26-9-4-2-5-10-26)27-11-6-3-7-12-27/h2-14,19,23,25,29-31,35,37-38H,15-18,20-22,24H2,1H3/t25-,29-,30+,31?,35-/m1/s1. The van der Waals surface area contributed by atoms with Crippen LogP contribution in [0.25, 0.3) is 16.5 Å².